The molecule has 0 aromatic heterocycles. The van der Waals surface area contributed by atoms with Crippen LogP contribution in [0.5, 0.6) is 0 Å². The summed E-state index contributed by atoms with van der Waals surface area (Å²) in [6.45, 7) is 8.00. The van der Waals surface area contributed by atoms with Crippen LogP contribution in [0.15, 0.2) is 54.6 Å². The van der Waals surface area contributed by atoms with Gasteiger partial charge in [-0.3, -0.25) is 0 Å². The number of nitriles is 1. The van der Waals surface area contributed by atoms with Crippen LogP contribution in [0.1, 0.15) is 63.1 Å². The highest BCUT2D eigenvalue weighted by Crippen LogP contribution is 2.58. The van der Waals surface area contributed by atoms with E-state index in [0.29, 0.717) is 11.6 Å². The van der Waals surface area contributed by atoms with E-state index in [4.69, 9.17) is 5.26 Å². The van der Waals surface area contributed by atoms with Crippen LogP contribution < -0.4 is 0 Å². The maximum absolute atomic E-state index is 13.3. The van der Waals surface area contributed by atoms with Crippen LogP contribution in [-0.2, 0) is 18.3 Å². The van der Waals surface area contributed by atoms with E-state index in [1.54, 1.807) is 18.2 Å². The summed E-state index contributed by atoms with van der Waals surface area (Å²) < 4.78 is 39.9. The Balaban J connectivity index is 0.00000114. The van der Waals surface area contributed by atoms with Crippen molar-refractivity contribution in [2.75, 3.05) is 13.1 Å². The summed E-state index contributed by atoms with van der Waals surface area (Å²) in [6, 6.07) is 19.9. The van der Waals surface area contributed by atoms with Crippen molar-refractivity contribution in [2.45, 2.75) is 76.9 Å². The molecule has 174 valence electrons. The molecular formula is C27H35F3N2. The average molecular weight is 445 g/mol. The van der Waals surface area contributed by atoms with E-state index in [0.717, 1.165) is 44.3 Å². The summed E-state index contributed by atoms with van der Waals surface area (Å²) >= 11 is 0. The van der Waals surface area contributed by atoms with Crippen molar-refractivity contribution >= 4 is 0 Å². The Kier molecular flexibility index (Phi) is 9.78. The zero-order chi connectivity index (χ0) is 23.6. The first-order valence-corrected chi connectivity index (χ1v) is 11.5. The average Bonchev–Trinajstić information content (AvgIpc) is 3.59. The second-order valence-corrected chi connectivity index (χ2v) is 8.66. The van der Waals surface area contributed by atoms with Crippen LogP contribution in [0.25, 0.3) is 0 Å². The van der Waals surface area contributed by atoms with Gasteiger partial charge in [0.05, 0.1) is 11.5 Å². The molecule has 0 bridgehead atoms. The van der Waals surface area contributed by atoms with Crippen LogP contribution in [0, 0.1) is 11.3 Å². The van der Waals surface area contributed by atoms with Gasteiger partial charge in [0.15, 0.2) is 0 Å². The normalized spacial score (nSPS) is 15.4. The van der Waals surface area contributed by atoms with Crippen LogP contribution in [0.2, 0.25) is 0 Å². The van der Waals surface area contributed by atoms with Crippen molar-refractivity contribution in [3.05, 3.63) is 71.3 Å². The number of nitrogens with zero attached hydrogens (tertiary/aromatic N) is 2. The summed E-state index contributed by atoms with van der Waals surface area (Å²) in [5.74, 6) is 0. The van der Waals surface area contributed by atoms with Crippen molar-refractivity contribution in [3.63, 3.8) is 0 Å². The van der Waals surface area contributed by atoms with E-state index in [1.807, 2.05) is 18.2 Å². The molecule has 3 rings (SSSR count). The quantitative estimate of drug-likeness (QED) is 0.391. The third-order valence-corrected chi connectivity index (χ3v) is 6.31. The monoisotopic (exact) mass is 444 g/mol. The molecule has 5 heteroatoms. The van der Waals surface area contributed by atoms with Crippen LogP contribution in [-0.4, -0.2) is 30.2 Å². The van der Waals surface area contributed by atoms with Gasteiger partial charge in [0.2, 0.25) is 0 Å². The molecule has 0 radical (unpaired) electrons. The molecule has 2 nitrogen and oxygen atoms in total. The fraction of sp³-hybridized carbons (Fsp3) is 0.519. The summed E-state index contributed by atoms with van der Waals surface area (Å²) in [6.07, 6.45) is 0.375. The second-order valence-electron chi connectivity index (χ2n) is 8.66. The van der Waals surface area contributed by atoms with Crippen LogP contribution in [0.3, 0.4) is 0 Å². The van der Waals surface area contributed by atoms with Crippen LogP contribution >= 0.6 is 0 Å². The molecule has 0 N–H and O–H groups in total. The molecule has 1 saturated carbocycles. The lowest BCUT2D eigenvalue weighted by Gasteiger charge is -2.29. The fourth-order valence-corrected chi connectivity index (χ4v) is 4.17. The first-order chi connectivity index (χ1) is 15.3. The molecule has 1 aliphatic carbocycles. The molecule has 32 heavy (non-hydrogen) atoms. The third kappa shape index (κ3) is 7.10. The topological polar surface area (TPSA) is 27.0 Å². The Bertz CT molecular complexity index is 834. The molecule has 1 atom stereocenters. The van der Waals surface area contributed by atoms with E-state index in [2.05, 4.69) is 43.0 Å². The van der Waals surface area contributed by atoms with Gasteiger partial charge in [-0.25, -0.2) is 0 Å². The maximum atomic E-state index is 13.3. The third-order valence-electron chi connectivity index (χ3n) is 6.31. The van der Waals surface area contributed by atoms with Gasteiger partial charge in [-0.05, 0) is 68.7 Å². The zero-order valence-electron chi connectivity index (χ0n) is 19.5. The van der Waals surface area contributed by atoms with Gasteiger partial charge in [-0.15, -0.1) is 0 Å². The summed E-state index contributed by atoms with van der Waals surface area (Å²) in [5, 5.41) is 7.32. The molecule has 2 aromatic rings. The van der Waals surface area contributed by atoms with E-state index < -0.39 is 11.6 Å². The molecular weight excluding hydrogens is 409 g/mol. The summed E-state index contributed by atoms with van der Waals surface area (Å²) in [5.41, 5.74) is 1.33. The lowest BCUT2D eigenvalue weighted by atomic mass is 9.93. The molecule has 2 aromatic carbocycles. The van der Waals surface area contributed by atoms with E-state index in [9.17, 15) is 13.2 Å². The van der Waals surface area contributed by atoms with E-state index in [1.165, 1.54) is 12.5 Å². The number of halogens is 3. The summed E-state index contributed by atoms with van der Waals surface area (Å²) in [7, 11) is 0. The molecule has 1 aliphatic rings. The minimum absolute atomic E-state index is 0.222. The SMILES string of the molecule is CC#N.CCCN(CCc1ccccc1)C(C)CCc1ccc(C2(C(F)(F)F)CC2)cc1. The molecule has 0 spiro atoms. The minimum atomic E-state index is -4.14. The van der Waals surface area contributed by atoms with Crippen molar-refractivity contribution in [1.29, 1.82) is 5.26 Å². The molecule has 0 heterocycles. The zero-order valence-corrected chi connectivity index (χ0v) is 19.5. The Morgan fingerprint density at radius 2 is 1.53 bits per heavy atom. The molecule has 0 amide bonds. The molecule has 0 saturated heterocycles. The van der Waals surface area contributed by atoms with Gasteiger partial charge >= 0.3 is 6.18 Å². The highest BCUT2D eigenvalue weighted by molar-refractivity contribution is 5.35. The van der Waals surface area contributed by atoms with Gasteiger partial charge in [-0.2, -0.15) is 18.4 Å². The summed E-state index contributed by atoms with van der Waals surface area (Å²) in [4.78, 5) is 2.53. The first kappa shape index (κ1) is 25.9. The van der Waals surface area contributed by atoms with Crippen molar-refractivity contribution in [2.24, 2.45) is 0 Å². The highest BCUT2D eigenvalue weighted by atomic mass is 19.4. The van der Waals surface area contributed by atoms with Crippen LogP contribution in [0.4, 0.5) is 13.2 Å². The van der Waals surface area contributed by atoms with Crippen molar-refractivity contribution < 1.29 is 13.2 Å². The number of benzene rings is 2. The van der Waals surface area contributed by atoms with Crippen molar-refractivity contribution in [1.82, 2.24) is 4.90 Å². The van der Waals surface area contributed by atoms with Gasteiger partial charge in [0, 0.05) is 19.5 Å². The van der Waals surface area contributed by atoms with E-state index in [-0.39, 0.29) is 12.8 Å². The standard InChI is InChI=1S/C25H32F3N.C2H3N/c1-3-18-29(19-15-21-7-5-4-6-8-21)20(2)9-10-22-11-13-23(14-12-22)24(16-17-24)25(26,27)28;1-2-3/h4-8,11-14,20H,3,9-10,15-19H2,1-2H3;1H3. The maximum Gasteiger partial charge on any atom is 0.398 e. The lowest BCUT2D eigenvalue weighted by molar-refractivity contribution is -0.160. The molecule has 1 fully saturated rings. The Hall–Kier alpha value is -2.32. The predicted octanol–water partition coefficient (Wildman–Crippen LogP) is 7.09. The highest BCUT2D eigenvalue weighted by Gasteiger charge is 2.64. The molecule has 0 aliphatic heterocycles. The second kappa shape index (κ2) is 12.1. The number of aryl methyl sites for hydroxylation is 1. The number of hydrogen-bond acceptors (Lipinski definition) is 2. The number of alkyl halides is 3. The predicted molar refractivity (Wildman–Crippen MR) is 124 cm³/mol. The largest absolute Gasteiger partial charge is 0.398 e. The minimum Gasteiger partial charge on any atom is -0.300 e. The van der Waals surface area contributed by atoms with E-state index >= 15 is 0 Å². The Labute approximate surface area is 191 Å². The number of hydrogen-bond donors (Lipinski definition) is 0. The fourth-order valence-electron chi connectivity index (χ4n) is 4.17. The molecule has 1 unspecified atom stereocenters. The smallest absolute Gasteiger partial charge is 0.300 e. The Morgan fingerprint density at radius 1 is 0.969 bits per heavy atom. The lowest BCUT2D eigenvalue weighted by Crippen LogP contribution is -2.35. The number of rotatable bonds is 10. The van der Waals surface area contributed by atoms with Crippen molar-refractivity contribution in [3.8, 4) is 6.07 Å². The van der Waals surface area contributed by atoms with Gasteiger partial charge in [0.1, 0.15) is 0 Å². The van der Waals surface area contributed by atoms with Gasteiger partial charge in [0.25, 0.3) is 0 Å². The first-order valence-electron chi connectivity index (χ1n) is 11.5. The Morgan fingerprint density at radius 3 is 2.03 bits per heavy atom. The van der Waals surface area contributed by atoms with Gasteiger partial charge < -0.3 is 4.90 Å². The van der Waals surface area contributed by atoms with Gasteiger partial charge in [-0.1, -0.05) is 61.5 Å².